The molecule has 0 spiro atoms. The van der Waals surface area contributed by atoms with Crippen molar-refractivity contribution in [3.63, 3.8) is 0 Å². The molecule has 2 fully saturated rings. The van der Waals surface area contributed by atoms with Crippen LogP contribution in [0.5, 0.6) is 0 Å². The minimum absolute atomic E-state index is 0.199. The van der Waals surface area contributed by atoms with Crippen molar-refractivity contribution in [3.05, 3.63) is 35.6 Å². The molecular weight excluding hydrogens is 331 g/mol. The van der Waals surface area contributed by atoms with Gasteiger partial charge in [-0.1, -0.05) is 19.1 Å². The standard InChI is InChI=1S/C20H31FN4O/c1-2-25-10-4-7-18(25)14-23-19(22)24-15-20(8-11-26-12-9-20)16-5-3-6-17(21)13-16/h3,5-6,13,18H,2,4,7-12,14-15H2,1H3,(H3,22,23,24). The Morgan fingerprint density at radius 2 is 2.23 bits per heavy atom. The van der Waals surface area contributed by atoms with Crippen molar-refractivity contribution in [1.29, 1.82) is 0 Å². The second-order valence-corrected chi connectivity index (χ2v) is 7.41. The molecule has 0 saturated carbocycles. The van der Waals surface area contributed by atoms with Gasteiger partial charge in [0, 0.05) is 31.2 Å². The van der Waals surface area contributed by atoms with Gasteiger partial charge in [0.2, 0.25) is 0 Å². The second-order valence-electron chi connectivity index (χ2n) is 7.41. The molecule has 0 amide bonds. The van der Waals surface area contributed by atoms with Crippen molar-refractivity contribution in [3.8, 4) is 0 Å². The van der Waals surface area contributed by atoms with Crippen LogP contribution in [0.2, 0.25) is 0 Å². The average molecular weight is 362 g/mol. The maximum atomic E-state index is 13.7. The third kappa shape index (κ3) is 4.54. The van der Waals surface area contributed by atoms with E-state index < -0.39 is 0 Å². The Labute approximate surface area is 155 Å². The first kappa shape index (κ1) is 19.1. The lowest BCUT2D eigenvalue weighted by atomic mass is 9.74. The summed E-state index contributed by atoms with van der Waals surface area (Å²) in [5, 5.41) is 3.29. The van der Waals surface area contributed by atoms with Gasteiger partial charge in [0.25, 0.3) is 0 Å². The van der Waals surface area contributed by atoms with Crippen molar-refractivity contribution in [2.24, 2.45) is 10.7 Å². The highest BCUT2D eigenvalue weighted by molar-refractivity contribution is 5.77. The zero-order valence-electron chi connectivity index (χ0n) is 15.7. The van der Waals surface area contributed by atoms with Gasteiger partial charge in [-0.2, -0.15) is 0 Å². The van der Waals surface area contributed by atoms with E-state index in [2.05, 4.69) is 22.1 Å². The maximum absolute atomic E-state index is 13.7. The lowest BCUT2D eigenvalue weighted by Gasteiger charge is -2.36. The van der Waals surface area contributed by atoms with Gasteiger partial charge in [0.15, 0.2) is 5.96 Å². The molecule has 2 heterocycles. The van der Waals surface area contributed by atoms with Crippen LogP contribution in [0.1, 0.15) is 38.2 Å². The van der Waals surface area contributed by atoms with E-state index in [1.165, 1.54) is 25.5 Å². The third-order valence-corrected chi connectivity index (χ3v) is 5.86. The molecule has 1 atom stereocenters. The van der Waals surface area contributed by atoms with Crippen molar-refractivity contribution in [2.75, 3.05) is 39.4 Å². The van der Waals surface area contributed by atoms with E-state index in [0.717, 1.165) is 31.5 Å². The third-order valence-electron chi connectivity index (χ3n) is 5.86. The summed E-state index contributed by atoms with van der Waals surface area (Å²) >= 11 is 0. The maximum Gasteiger partial charge on any atom is 0.188 e. The number of hydrogen-bond acceptors (Lipinski definition) is 3. The first-order valence-corrected chi connectivity index (χ1v) is 9.74. The molecule has 0 bridgehead atoms. The number of hydrogen-bond donors (Lipinski definition) is 2. The number of likely N-dealkylation sites (tertiary alicyclic amines) is 1. The van der Waals surface area contributed by atoms with Gasteiger partial charge < -0.3 is 15.8 Å². The van der Waals surface area contributed by atoms with Crippen LogP contribution in [0, 0.1) is 5.82 Å². The Morgan fingerprint density at radius 1 is 1.42 bits per heavy atom. The van der Waals surface area contributed by atoms with Gasteiger partial charge in [-0.05, 0) is 56.5 Å². The Bertz CT molecular complexity index is 616. The summed E-state index contributed by atoms with van der Waals surface area (Å²) in [6.45, 7) is 7.18. The van der Waals surface area contributed by atoms with Crippen LogP contribution in [-0.4, -0.2) is 56.3 Å². The number of nitrogens with two attached hydrogens (primary N) is 1. The van der Waals surface area contributed by atoms with Crippen molar-refractivity contribution >= 4 is 5.96 Å². The summed E-state index contributed by atoms with van der Waals surface area (Å²) in [6, 6.07) is 7.41. The number of ether oxygens (including phenoxy) is 1. The SMILES string of the molecule is CCN1CCCC1CNC(N)=NCC1(c2cccc(F)c2)CCOCC1. The highest BCUT2D eigenvalue weighted by Gasteiger charge is 2.34. The van der Waals surface area contributed by atoms with Crippen LogP contribution >= 0.6 is 0 Å². The first-order chi connectivity index (χ1) is 12.6. The molecule has 0 aromatic heterocycles. The minimum Gasteiger partial charge on any atom is -0.381 e. The van der Waals surface area contributed by atoms with Crippen molar-refractivity contribution in [2.45, 2.75) is 44.1 Å². The molecule has 2 aliphatic rings. The Kier molecular flexibility index (Phi) is 6.48. The van der Waals surface area contributed by atoms with Crippen LogP contribution in [-0.2, 0) is 10.2 Å². The molecule has 1 aromatic rings. The molecular formula is C20H31FN4O. The molecule has 5 nitrogen and oxygen atoms in total. The molecule has 144 valence electrons. The Morgan fingerprint density at radius 3 is 2.96 bits per heavy atom. The second kappa shape index (κ2) is 8.82. The molecule has 26 heavy (non-hydrogen) atoms. The number of likely N-dealkylation sites (N-methyl/N-ethyl adjacent to an activating group) is 1. The Hall–Kier alpha value is -1.66. The number of halogens is 1. The molecule has 0 radical (unpaired) electrons. The van der Waals surface area contributed by atoms with E-state index in [0.29, 0.717) is 31.8 Å². The monoisotopic (exact) mass is 362 g/mol. The van der Waals surface area contributed by atoms with Crippen LogP contribution in [0.4, 0.5) is 4.39 Å². The number of benzene rings is 1. The van der Waals surface area contributed by atoms with E-state index >= 15 is 0 Å². The summed E-state index contributed by atoms with van der Waals surface area (Å²) in [7, 11) is 0. The van der Waals surface area contributed by atoms with E-state index in [1.54, 1.807) is 12.1 Å². The highest BCUT2D eigenvalue weighted by Crippen LogP contribution is 2.35. The van der Waals surface area contributed by atoms with Gasteiger partial charge in [0.1, 0.15) is 5.82 Å². The zero-order chi connectivity index (χ0) is 18.4. The first-order valence-electron chi connectivity index (χ1n) is 9.74. The number of guanidine groups is 1. The van der Waals surface area contributed by atoms with Crippen LogP contribution < -0.4 is 11.1 Å². The van der Waals surface area contributed by atoms with E-state index in [1.807, 2.05) is 6.07 Å². The minimum atomic E-state index is -0.204. The summed E-state index contributed by atoms with van der Waals surface area (Å²) in [4.78, 5) is 7.10. The topological polar surface area (TPSA) is 62.9 Å². The smallest absolute Gasteiger partial charge is 0.188 e. The average Bonchev–Trinajstić information content (AvgIpc) is 3.13. The van der Waals surface area contributed by atoms with E-state index in [4.69, 9.17) is 10.5 Å². The summed E-state index contributed by atoms with van der Waals surface area (Å²) in [5.41, 5.74) is 6.93. The molecule has 6 heteroatoms. The van der Waals surface area contributed by atoms with Gasteiger partial charge in [0.05, 0.1) is 6.54 Å². The summed E-state index contributed by atoms with van der Waals surface area (Å²) < 4.78 is 19.3. The lowest BCUT2D eigenvalue weighted by molar-refractivity contribution is 0.0530. The lowest BCUT2D eigenvalue weighted by Crippen LogP contribution is -2.44. The highest BCUT2D eigenvalue weighted by atomic mass is 19.1. The summed E-state index contributed by atoms with van der Waals surface area (Å²) in [5.74, 6) is 0.277. The van der Waals surface area contributed by atoms with Crippen LogP contribution in [0.15, 0.2) is 29.3 Å². The largest absolute Gasteiger partial charge is 0.381 e. The van der Waals surface area contributed by atoms with Crippen molar-refractivity contribution < 1.29 is 9.13 Å². The van der Waals surface area contributed by atoms with Crippen LogP contribution in [0.3, 0.4) is 0 Å². The van der Waals surface area contributed by atoms with Gasteiger partial charge >= 0.3 is 0 Å². The molecule has 0 aliphatic carbocycles. The predicted molar refractivity (Wildman–Crippen MR) is 103 cm³/mol. The normalized spacial score (nSPS) is 23.9. The zero-order valence-corrected chi connectivity index (χ0v) is 15.7. The molecule has 1 unspecified atom stereocenters. The van der Waals surface area contributed by atoms with E-state index in [9.17, 15) is 4.39 Å². The fraction of sp³-hybridized carbons (Fsp3) is 0.650. The number of nitrogens with zero attached hydrogens (tertiary/aromatic N) is 2. The van der Waals surface area contributed by atoms with Gasteiger partial charge in [-0.3, -0.25) is 9.89 Å². The molecule has 3 N–H and O–H groups in total. The fourth-order valence-corrected chi connectivity index (χ4v) is 4.18. The van der Waals surface area contributed by atoms with E-state index in [-0.39, 0.29) is 11.2 Å². The summed E-state index contributed by atoms with van der Waals surface area (Å²) in [6.07, 6.45) is 4.12. The number of rotatable bonds is 6. The molecule has 2 saturated heterocycles. The van der Waals surface area contributed by atoms with Crippen molar-refractivity contribution in [1.82, 2.24) is 10.2 Å². The van der Waals surface area contributed by atoms with Gasteiger partial charge in [-0.25, -0.2) is 4.39 Å². The fourth-order valence-electron chi connectivity index (χ4n) is 4.18. The molecule has 1 aromatic carbocycles. The Balaban J connectivity index is 1.64. The molecule has 2 aliphatic heterocycles. The van der Waals surface area contributed by atoms with Crippen LogP contribution in [0.25, 0.3) is 0 Å². The molecule has 3 rings (SSSR count). The quantitative estimate of drug-likeness (QED) is 0.602. The van der Waals surface area contributed by atoms with Gasteiger partial charge in [-0.15, -0.1) is 0 Å². The predicted octanol–water partition coefficient (Wildman–Crippen LogP) is 2.26. The number of aliphatic imine (C=N–C) groups is 1. The number of nitrogens with one attached hydrogen (secondary N) is 1.